The fourth-order valence-electron chi connectivity index (χ4n) is 3.33. The third-order valence-electron chi connectivity index (χ3n) is 5.03. The average molecular weight is 498 g/mol. The summed E-state index contributed by atoms with van der Waals surface area (Å²) in [7, 11) is -3.59. The van der Waals surface area contributed by atoms with Crippen molar-refractivity contribution in [2.45, 2.75) is 39.3 Å². The van der Waals surface area contributed by atoms with Crippen LogP contribution in [0.25, 0.3) is 0 Å². The molecule has 0 saturated heterocycles. The Balaban J connectivity index is 2.14. The van der Waals surface area contributed by atoms with E-state index in [-0.39, 0.29) is 37.7 Å². The minimum atomic E-state index is -3.59. The van der Waals surface area contributed by atoms with E-state index in [1.165, 1.54) is 21.3 Å². The summed E-state index contributed by atoms with van der Waals surface area (Å²) >= 11 is 6.00. The molecule has 180 valence electrons. The fourth-order valence-corrected chi connectivity index (χ4v) is 4.47. The first-order valence-electron chi connectivity index (χ1n) is 10.6. The summed E-state index contributed by atoms with van der Waals surface area (Å²) in [5, 5.41) is 3.11. The first-order chi connectivity index (χ1) is 15.5. The number of carbonyl (C=O) groups is 2. The second-order valence-corrected chi connectivity index (χ2v) is 9.98. The smallest absolute Gasteiger partial charge is 0.242 e. The van der Waals surface area contributed by atoms with Crippen LogP contribution in [-0.4, -0.2) is 50.5 Å². The Bertz CT molecular complexity index is 1060. The van der Waals surface area contributed by atoms with Crippen molar-refractivity contribution in [3.8, 4) is 0 Å². The summed E-state index contributed by atoms with van der Waals surface area (Å²) < 4.78 is 39.1. The molecule has 10 heteroatoms. The number of benzene rings is 2. The van der Waals surface area contributed by atoms with Crippen molar-refractivity contribution >= 4 is 39.1 Å². The van der Waals surface area contributed by atoms with Crippen LogP contribution in [0.1, 0.15) is 32.3 Å². The maximum Gasteiger partial charge on any atom is 0.242 e. The van der Waals surface area contributed by atoms with Crippen LogP contribution < -0.4 is 9.62 Å². The van der Waals surface area contributed by atoms with Crippen molar-refractivity contribution in [1.29, 1.82) is 0 Å². The quantitative estimate of drug-likeness (QED) is 0.514. The van der Waals surface area contributed by atoms with Crippen molar-refractivity contribution in [2.75, 3.05) is 23.7 Å². The lowest BCUT2D eigenvalue weighted by Crippen LogP contribution is -2.47. The molecule has 0 aromatic heterocycles. The SMILES string of the molecule is CCNC(=O)[C@@H](C)N(Cc1ccc(F)cc1)C(=O)CCCN(c1cccc(Cl)c1)S(C)(=O)=O. The molecule has 2 amide bonds. The molecule has 0 radical (unpaired) electrons. The summed E-state index contributed by atoms with van der Waals surface area (Å²) in [5.41, 5.74) is 1.09. The maximum absolute atomic E-state index is 13.3. The molecule has 0 aliphatic heterocycles. The van der Waals surface area contributed by atoms with Gasteiger partial charge in [-0.05, 0) is 56.2 Å². The molecule has 0 heterocycles. The molecular weight excluding hydrogens is 469 g/mol. The number of halogens is 2. The minimum Gasteiger partial charge on any atom is -0.355 e. The van der Waals surface area contributed by atoms with Gasteiger partial charge in [-0.1, -0.05) is 29.8 Å². The van der Waals surface area contributed by atoms with E-state index in [4.69, 9.17) is 11.6 Å². The number of nitrogens with zero attached hydrogens (tertiary/aromatic N) is 2. The van der Waals surface area contributed by atoms with Crippen molar-refractivity contribution in [3.63, 3.8) is 0 Å². The third-order valence-corrected chi connectivity index (χ3v) is 6.46. The Morgan fingerprint density at radius 1 is 1.15 bits per heavy atom. The number of sulfonamides is 1. The Kier molecular flexibility index (Phi) is 9.67. The van der Waals surface area contributed by atoms with Gasteiger partial charge in [0.25, 0.3) is 0 Å². The highest BCUT2D eigenvalue weighted by Crippen LogP contribution is 2.22. The van der Waals surface area contributed by atoms with E-state index in [2.05, 4.69) is 5.32 Å². The van der Waals surface area contributed by atoms with E-state index < -0.39 is 21.9 Å². The first kappa shape index (κ1) is 26.6. The van der Waals surface area contributed by atoms with Crippen molar-refractivity contribution in [1.82, 2.24) is 10.2 Å². The second-order valence-electron chi connectivity index (χ2n) is 7.64. The zero-order chi connectivity index (χ0) is 24.6. The molecule has 1 N–H and O–H groups in total. The molecule has 0 fully saturated rings. The van der Waals surface area contributed by atoms with Gasteiger partial charge in [-0.15, -0.1) is 0 Å². The Morgan fingerprint density at radius 2 is 1.82 bits per heavy atom. The Morgan fingerprint density at radius 3 is 2.39 bits per heavy atom. The zero-order valence-corrected chi connectivity index (χ0v) is 20.5. The van der Waals surface area contributed by atoms with E-state index in [9.17, 15) is 22.4 Å². The van der Waals surface area contributed by atoms with Gasteiger partial charge in [0.1, 0.15) is 11.9 Å². The van der Waals surface area contributed by atoms with Gasteiger partial charge in [-0.3, -0.25) is 13.9 Å². The largest absolute Gasteiger partial charge is 0.355 e. The van der Waals surface area contributed by atoms with Crippen LogP contribution in [0.2, 0.25) is 5.02 Å². The minimum absolute atomic E-state index is 0.0253. The van der Waals surface area contributed by atoms with Crippen molar-refractivity contribution < 1.29 is 22.4 Å². The first-order valence-corrected chi connectivity index (χ1v) is 12.8. The van der Waals surface area contributed by atoms with Gasteiger partial charge in [0.15, 0.2) is 0 Å². The van der Waals surface area contributed by atoms with Gasteiger partial charge in [0.2, 0.25) is 21.8 Å². The third kappa shape index (κ3) is 8.01. The lowest BCUT2D eigenvalue weighted by Gasteiger charge is -2.29. The van der Waals surface area contributed by atoms with Crippen LogP contribution in [0.15, 0.2) is 48.5 Å². The summed E-state index contributed by atoms with van der Waals surface area (Å²) in [6, 6.07) is 11.4. The lowest BCUT2D eigenvalue weighted by molar-refractivity contribution is -0.140. The number of nitrogens with one attached hydrogen (secondary N) is 1. The highest BCUT2D eigenvalue weighted by Gasteiger charge is 2.26. The topological polar surface area (TPSA) is 86.8 Å². The number of amides is 2. The van der Waals surface area contributed by atoms with Crippen molar-refractivity contribution in [3.05, 3.63) is 64.9 Å². The Hall–Kier alpha value is -2.65. The highest BCUT2D eigenvalue weighted by molar-refractivity contribution is 7.92. The van der Waals surface area contributed by atoms with Crippen LogP contribution in [0.3, 0.4) is 0 Å². The molecule has 1 atom stereocenters. The van der Waals surface area contributed by atoms with Crippen molar-refractivity contribution in [2.24, 2.45) is 0 Å². The molecule has 0 saturated carbocycles. The predicted molar refractivity (Wildman–Crippen MR) is 128 cm³/mol. The Labute approximate surface area is 199 Å². The summed E-state index contributed by atoms with van der Waals surface area (Å²) in [6.45, 7) is 4.03. The van der Waals surface area contributed by atoms with Crippen LogP contribution in [0.4, 0.5) is 10.1 Å². The number of hydrogen-bond acceptors (Lipinski definition) is 4. The normalized spacial score (nSPS) is 12.2. The molecule has 0 aliphatic carbocycles. The average Bonchev–Trinajstić information content (AvgIpc) is 2.75. The molecule has 2 rings (SSSR count). The van der Waals surface area contributed by atoms with Gasteiger partial charge < -0.3 is 10.2 Å². The number of carbonyl (C=O) groups excluding carboxylic acids is 2. The van der Waals surface area contributed by atoms with Gasteiger partial charge in [-0.2, -0.15) is 0 Å². The molecule has 0 unspecified atom stereocenters. The molecule has 2 aromatic rings. The standard InChI is InChI=1S/C23H29ClFN3O4S/c1-4-26-23(30)17(2)27(16-18-10-12-20(25)13-11-18)22(29)9-6-14-28(33(3,31)32)21-8-5-7-19(24)15-21/h5,7-8,10-13,15,17H,4,6,9,14,16H2,1-3H3,(H,26,30)/t17-/m1/s1. The summed E-state index contributed by atoms with van der Waals surface area (Å²) in [5.74, 6) is -1.00. The number of likely N-dealkylation sites (N-methyl/N-ethyl adjacent to an activating group) is 1. The summed E-state index contributed by atoms with van der Waals surface area (Å²) in [6.07, 6.45) is 1.35. The zero-order valence-electron chi connectivity index (χ0n) is 18.9. The van der Waals surface area contributed by atoms with Crippen LogP contribution in [0, 0.1) is 5.82 Å². The molecule has 0 aliphatic rings. The molecule has 0 spiro atoms. The molecule has 0 bridgehead atoms. The van der Waals surface area contributed by atoms with Gasteiger partial charge in [0.05, 0.1) is 11.9 Å². The van der Waals surface area contributed by atoms with Gasteiger partial charge in [-0.25, -0.2) is 12.8 Å². The number of anilines is 1. The van der Waals surface area contributed by atoms with E-state index in [1.807, 2.05) is 0 Å². The molecular formula is C23H29ClFN3O4S. The molecule has 2 aromatic carbocycles. The lowest BCUT2D eigenvalue weighted by atomic mass is 10.1. The number of rotatable bonds is 11. The van der Waals surface area contributed by atoms with Gasteiger partial charge in [0, 0.05) is 31.1 Å². The van der Waals surface area contributed by atoms with E-state index in [1.54, 1.807) is 50.2 Å². The molecule has 7 nitrogen and oxygen atoms in total. The fraction of sp³-hybridized carbons (Fsp3) is 0.391. The van der Waals surface area contributed by atoms with Crippen LogP contribution >= 0.6 is 11.6 Å². The highest BCUT2D eigenvalue weighted by atomic mass is 35.5. The van der Waals surface area contributed by atoms with E-state index in [0.717, 1.165) is 6.26 Å². The predicted octanol–water partition coefficient (Wildman–Crippen LogP) is 3.58. The maximum atomic E-state index is 13.3. The van der Waals surface area contributed by atoms with E-state index in [0.29, 0.717) is 22.8 Å². The van der Waals surface area contributed by atoms with Crippen LogP contribution in [-0.2, 0) is 26.2 Å². The number of hydrogen-bond donors (Lipinski definition) is 1. The second kappa shape index (κ2) is 12.0. The summed E-state index contributed by atoms with van der Waals surface area (Å²) in [4.78, 5) is 26.9. The van der Waals surface area contributed by atoms with E-state index >= 15 is 0 Å². The monoisotopic (exact) mass is 497 g/mol. The molecule has 33 heavy (non-hydrogen) atoms. The van der Waals surface area contributed by atoms with Gasteiger partial charge >= 0.3 is 0 Å². The van der Waals surface area contributed by atoms with Crippen LogP contribution in [0.5, 0.6) is 0 Å².